The van der Waals surface area contributed by atoms with Crippen LogP contribution in [0.25, 0.3) is 0 Å². The number of hydrogen-bond acceptors (Lipinski definition) is 5. The van der Waals surface area contributed by atoms with Crippen molar-refractivity contribution in [3.8, 4) is 17.2 Å². The zero-order chi connectivity index (χ0) is 23.6. The van der Waals surface area contributed by atoms with Gasteiger partial charge in [0.1, 0.15) is 17.2 Å². The molecule has 3 rings (SSSR count). The zero-order valence-electron chi connectivity index (χ0n) is 18.8. The lowest BCUT2D eigenvalue weighted by molar-refractivity contribution is 0.111. The molecule has 5 nitrogen and oxygen atoms in total. The van der Waals surface area contributed by atoms with E-state index in [1.165, 1.54) is 12.1 Å². The van der Waals surface area contributed by atoms with Crippen LogP contribution in [0.1, 0.15) is 74.9 Å². The number of aromatic hydroxyl groups is 3. The van der Waals surface area contributed by atoms with Crippen molar-refractivity contribution in [1.82, 2.24) is 0 Å². The Morgan fingerprint density at radius 2 is 1.28 bits per heavy atom. The molecule has 0 heterocycles. The van der Waals surface area contributed by atoms with E-state index in [0.29, 0.717) is 31.0 Å². The van der Waals surface area contributed by atoms with Crippen LogP contribution >= 0.6 is 0 Å². The minimum Gasteiger partial charge on any atom is -0.507 e. The van der Waals surface area contributed by atoms with Crippen LogP contribution in [0.3, 0.4) is 0 Å². The number of phenolic OH excluding ortho intramolecular Hbond substituents is 3. The predicted molar refractivity (Wildman–Crippen MR) is 124 cm³/mol. The van der Waals surface area contributed by atoms with Gasteiger partial charge in [0.2, 0.25) is 0 Å². The average Bonchev–Trinajstić information content (AvgIpc) is 2.74. The van der Waals surface area contributed by atoms with Gasteiger partial charge in [-0.1, -0.05) is 39.0 Å². The highest BCUT2D eigenvalue weighted by molar-refractivity contribution is 5.80. The van der Waals surface area contributed by atoms with Gasteiger partial charge in [-0.2, -0.15) is 0 Å². The molecule has 0 unspecified atom stereocenters. The van der Waals surface area contributed by atoms with Crippen LogP contribution in [0.15, 0.2) is 42.5 Å². The number of benzene rings is 3. The van der Waals surface area contributed by atoms with Gasteiger partial charge in [0.25, 0.3) is 0 Å². The first-order chi connectivity index (χ1) is 15.0. The highest BCUT2D eigenvalue weighted by atomic mass is 16.3. The number of aldehydes is 2. The third-order valence-corrected chi connectivity index (χ3v) is 5.79. The Hall–Kier alpha value is -3.60. The molecule has 0 amide bonds. The standard InChI is InChI=1S/C27H28O5/c1-16-22(12-18-6-8-25(31)21(11-18)15-29)26(32)19(13-23(16)27(2,3)4)9-17-5-7-24(30)20(10-17)14-28/h5-8,10-11,13-15,30-32H,9,12H2,1-4H3. The van der Waals surface area contributed by atoms with Crippen LogP contribution in [0.4, 0.5) is 0 Å². The van der Waals surface area contributed by atoms with Gasteiger partial charge in [0, 0.05) is 18.4 Å². The van der Waals surface area contributed by atoms with E-state index in [1.807, 2.05) is 13.0 Å². The number of rotatable bonds is 6. The second-order valence-electron chi connectivity index (χ2n) is 9.16. The SMILES string of the molecule is Cc1c(C(C)(C)C)cc(Cc2ccc(O)c(C=O)c2)c(O)c1Cc1ccc(O)c(C=O)c1. The average molecular weight is 433 g/mol. The van der Waals surface area contributed by atoms with Crippen LogP contribution in [0.5, 0.6) is 17.2 Å². The van der Waals surface area contributed by atoms with E-state index >= 15 is 0 Å². The maximum absolute atomic E-state index is 11.2. The molecule has 0 aliphatic carbocycles. The van der Waals surface area contributed by atoms with Crippen molar-refractivity contribution in [2.24, 2.45) is 0 Å². The van der Waals surface area contributed by atoms with Gasteiger partial charge >= 0.3 is 0 Å². The summed E-state index contributed by atoms with van der Waals surface area (Å²) in [6.07, 6.45) is 2.00. The molecule has 0 saturated carbocycles. The summed E-state index contributed by atoms with van der Waals surface area (Å²) < 4.78 is 0. The summed E-state index contributed by atoms with van der Waals surface area (Å²) in [5.74, 6) is 0.00959. The molecule has 5 heteroatoms. The lowest BCUT2D eigenvalue weighted by atomic mass is 9.79. The van der Waals surface area contributed by atoms with Gasteiger partial charge in [0.15, 0.2) is 12.6 Å². The number of carbonyl (C=O) groups excluding carboxylic acids is 2. The monoisotopic (exact) mass is 432 g/mol. The van der Waals surface area contributed by atoms with Crippen LogP contribution in [0.2, 0.25) is 0 Å². The fraction of sp³-hybridized carbons (Fsp3) is 0.259. The highest BCUT2D eigenvalue weighted by Crippen LogP contribution is 2.38. The summed E-state index contributed by atoms with van der Waals surface area (Å²) in [5.41, 5.74) is 5.36. The Morgan fingerprint density at radius 1 is 0.781 bits per heavy atom. The van der Waals surface area contributed by atoms with Crippen molar-refractivity contribution in [3.63, 3.8) is 0 Å². The second-order valence-corrected chi connectivity index (χ2v) is 9.16. The molecule has 0 atom stereocenters. The summed E-state index contributed by atoms with van der Waals surface area (Å²) in [6, 6.07) is 11.7. The fourth-order valence-corrected chi connectivity index (χ4v) is 4.06. The summed E-state index contributed by atoms with van der Waals surface area (Å²) in [5, 5.41) is 30.8. The number of carbonyl (C=O) groups is 2. The molecule has 0 spiro atoms. The molecule has 0 bridgehead atoms. The molecule has 0 aliphatic heterocycles. The Kier molecular flexibility index (Phi) is 6.40. The van der Waals surface area contributed by atoms with Crippen LogP contribution in [0, 0.1) is 6.92 Å². The third kappa shape index (κ3) is 4.67. The van der Waals surface area contributed by atoms with Gasteiger partial charge in [-0.25, -0.2) is 0 Å². The topological polar surface area (TPSA) is 94.8 Å². The van der Waals surface area contributed by atoms with Crippen LogP contribution in [-0.4, -0.2) is 27.9 Å². The van der Waals surface area contributed by atoms with Crippen molar-refractivity contribution in [2.45, 2.75) is 46.0 Å². The lowest BCUT2D eigenvalue weighted by Gasteiger charge is -2.26. The molecule has 3 aromatic rings. The molecule has 3 N–H and O–H groups in total. The van der Waals surface area contributed by atoms with Gasteiger partial charge in [-0.15, -0.1) is 0 Å². The van der Waals surface area contributed by atoms with Crippen molar-refractivity contribution in [2.75, 3.05) is 0 Å². The molecular formula is C27H28O5. The first-order valence-corrected chi connectivity index (χ1v) is 10.4. The first-order valence-electron chi connectivity index (χ1n) is 10.4. The molecule has 0 aliphatic rings. The quantitative estimate of drug-likeness (QED) is 0.465. The summed E-state index contributed by atoms with van der Waals surface area (Å²) in [4.78, 5) is 22.4. The smallest absolute Gasteiger partial charge is 0.153 e. The van der Waals surface area contributed by atoms with E-state index in [0.717, 1.165) is 27.8 Å². The largest absolute Gasteiger partial charge is 0.507 e. The van der Waals surface area contributed by atoms with Gasteiger partial charge in [-0.3, -0.25) is 9.59 Å². The molecular weight excluding hydrogens is 404 g/mol. The first kappa shape index (κ1) is 23.1. The summed E-state index contributed by atoms with van der Waals surface area (Å²) in [7, 11) is 0. The van der Waals surface area contributed by atoms with E-state index < -0.39 is 0 Å². The van der Waals surface area contributed by atoms with E-state index in [1.54, 1.807) is 24.3 Å². The maximum Gasteiger partial charge on any atom is 0.153 e. The number of hydrogen-bond donors (Lipinski definition) is 3. The summed E-state index contributed by atoms with van der Waals surface area (Å²) in [6.45, 7) is 8.30. The molecule has 0 aromatic heterocycles. The van der Waals surface area contributed by atoms with Crippen molar-refractivity contribution < 1.29 is 24.9 Å². The molecule has 3 aromatic carbocycles. The Morgan fingerprint density at radius 3 is 1.75 bits per heavy atom. The van der Waals surface area contributed by atoms with Crippen molar-refractivity contribution >= 4 is 12.6 Å². The normalized spacial score (nSPS) is 11.4. The predicted octanol–water partition coefficient (Wildman–Crippen LogP) is 5.22. The van der Waals surface area contributed by atoms with E-state index in [9.17, 15) is 24.9 Å². The minimum absolute atomic E-state index is 0.0767. The fourth-order valence-electron chi connectivity index (χ4n) is 4.06. The lowest BCUT2D eigenvalue weighted by Crippen LogP contribution is -2.15. The zero-order valence-corrected chi connectivity index (χ0v) is 18.8. The van der Waals surface area contributed by atoms with Gasteiger partial charge in [0.05, 0.1) is 11.1 Å². The second kappa shape index (κ2) is 8.87. The van der Waals surface area contributed by atoms with E-state index in [2.05, 4.69) is 20.8 Å². The molecule has 0 fully saturated rings. The van der Waals surface area contributed by atoms with Gasteiger partial charge < -0.3 is 15.3 Å². The number of phenols is 3. The molecule has 32 heavy (non-hydrogen) atoms. The van der Waals surface area contributed by atoms with Crippen molar-refractivity contribution in [3.05, 3.63) is 87.0 Å². The minimum atomic E-state index is -0.174. The van der Waals surface area contributed by atoms with Crippen LogP contribution in [-0.2, 0) is 18.3 Å². The Bertz CT molecular complexity index is 1190. The molecule has 0 saturated heterocycles. The van der Waals surface area contributed by atoms with E-state index in [4.69, 9.17) is 0 Å². The Labute approximate surface area is 188 Å². The highest BCUT2D eigenvalue weighted by Gasteiger charge is 2.23. The van der Waals surface area contributed by atoms with Crippen molar-refractivity contribution in [1.29, 1.82) is 0 Å². The molecule has 166 valence electrons. The maximum atomic E-state index is 11.2. The van der Waals surface area contributed by atoms with Gasteiger partial charge in [-0.05, 0) is 64.4 Å². The van der Waals surface area contributed by atoms with Crippen LogP contribution < -0.4 is 0 Å². The third-order valence-electron chi connectivity index (χ3n) is 5.79. The van der Waals surface area contributed by atoms with E-state index in [-0.39, 0.29) is 33.8 Å². The summed E-state index contributed by atoms with van der Waals surface area (Å²) >= 11 is 0. The molecule has 0 radical (unpaired) electrons. The Balaban J connectivity index is 2.12.